The SMILES string of the molecule is C[C@H]1CCCC[C@@H]1NC(=O)C[NH+]1CCC[C@@H]1c1cccn1C. The number of rotatable bonds is 4. The van der Waals surface area contributed by atoms with Crippen LogP contribution < -0.4 is 10.2 Å². The molecule has 4 nitrogen and oxygen atoms in total. The summed E-state index contributed by atoms with van der Waals surface area (Å²) in [5.41, 5.74) is 1.37. The van der Waals surface area contributed by atoms with Crippen LogP contribution in [0, 0.1) is 5.92 Å². The van der Waals surface area contributed by atoms with Gasteiger partial charge in [-0.25, -0.2) is 0 Å². The zero-order valence-electron chi connectivity index (χ0n) is 14.0. The Labute approximate surface area is 133 Å². The Bertz CT molecular complexity index is 510. The van der Waals surface area contributed by atoms with Crippen LogP contribution >= 0.6 is 0 Å². The van der Waals surface area contributed by atoms with Gasteiger partial charge in [-0.15, -0.1) is 0 Å². The van der Waals surface area contributed by atoms with E-state index in [2.05, 4.69) is 42.2 Å². The number of carbonyl (C=O) groups is 1. The lowest BCUT2D eigenvalue weighted by Gasteiger charge is -2.30. The summed E-state index contributed by atoms with van der Waals surface area (Å²) in [6.45, 7) is 4.02. The molecule has 1 saturated heterocycles. The standard InChI is InChI=1S/C18H29N3O/c1-14-7-3-4-8-15(14)19-18(22)13-21-12-6-10-17(21)16-9-5-11-20(16)2/h5,9,11,14-15,17H,3-4,6-8,10,12-13H2,1-2H3,(H,19,22)/p+1/t14-,15-,17+/m0/s1. The molecule has 0 spiro atoms. The third-order valence-electron chi connectivity index (χ3n) is 5.67. The van der Waals surface area contributed by atoms with Crippen LogP contribution in [0.1, 0.15) is 57.2 Å². The summed E-state index contributed by atoms with van der Waals surface area (Å²) in [5.74, 6) is 0.879. The van der Waals surface area contributed by atoms with Gasteiger partial charge in [-0.3, -0.25) is 4.79 Å². The van der Waals surface area contributed by atoms with E-state index in [4.69, 9.17) is 0 Å². The predicted octanol–water partition coefficient (Wildman–Crippen LogP) is 1.44. The van der Waals surface area contributed by atoms with E-state index in [-0.39, 0.29) is 5.91 Å². The van der Waals surface area contributed by atoms with E-state index in [1.807, 2.05) is 0 Å². The van der Waals surface area contributed by atoms with Crippen molar-refractivity contribution >= 4 is 5.91 Å². The number of carbonyl (C=O) groups excluding carboxylic acids is 1. The first-order chi connectivity index (χ1) is 10.6. The van der Waals surface area contributed by atoms with Crippen LogP contribution in [0.2, 0.25) is 0 Å². The fourth-order valence-corrected chi connectivity index (χ4v) is 4.31. The van der Waals surface area contributed by atoms with Crippen molar-refractivity contribution in [3.63, 3.8) is 0 Å². The number of amides is 1. The summed E-state index contributed by atoms with van der Waals surface area (Å²) >= 11 is 0. The average Bonchev–Trinajstić information content (AvgIpc) is 3.10. The van der Waals surface area contributed by atoms with Crippen molar-refractivity contribution in [1.29, 1.82) is 0 Å². The van der Waals surface area contributed by atoms with E-state index >= 15 is 0 Å². The Kier molecular flexibility index (Phi) is 4.87. The molecule has 2 heterocycles. The van der Waals surface area contributed by atoms with Gasteiger partial charge in [0.25, 0.3) is 5.91 Å². The number of aromatic nitrogens is 1. The van der Waals surface area contributed by atoms with Crippen LogP contribution in [0.3, 0.4) is 0 Å². The zero-order chi connectivity index (χ0) is 15.5. The lowest BCUT2D eigenvalue weighted by molar-refractivity contribution is -0.911. The highest BCUT2D eigenvalue weighted by Gasteiger charge is 2.33. The minimum absolute atomic E-state index is 0.245. The molecule has 1 aromatic rings. The van der Waals surface area contributed by atoms with Gasteiger partial charge in [0.05, 0.1) is 12.2 Å². The fraction of sp³-hybridized carbons (Fsp3) is 0.722. The summed E-state index contributed by atoms with van der Waals surface area (Å²) in [6.07, 6.45) is 9.52. The second kappa shape index (κ2) is 6.86. The van der Waals surface area contributed by atoms with E-state index in [1.165, 1.54) is 42.7 Å². The van der Waals surface area contributed by atoms with Gasteiger partial charge in [-0.1, -0.05) is 19.8 Å². The molecule has 0 radical (unpaired) electrons. The molecule has 122 valence electrons. The Morgan fingerprint density at radius 1 is 1.32 bits per heavy atom. The lowest BCUT2D eigenvalue weighted by Crippen LogP contribution is -3.11. The summed E-state index contributed by atoms with van der Waals surface area (Å²) in [4.78, 5) is 13.9. The first-order valence-electron chi connectivity index (χ1n) is 8.90. The van der Waals surface area contributed by atoms with Crippen LogP contribution in [0.4, 0.5) is 0 Å². The minimum atomic E-state index is 0.245. The summed E-state index contributed by atoms with van der Waals surface area (Å²) < 4.78 is 2.21. The zero-order valence-corrected chi connectivity index (χ0v) is 14.0. The van der Waals surface area contributed by atoms with Gasteiger partial charge in [0.2, 0.25) is 0 Å². The first-order valence-corrected chi connectivity index (χ1v) is 8.90. The number of quaternary nitrogens is 1. The van der Waals surface area contributed by atoms with Gasteiger partial charge in [0, 0.05) is 32.1 Å². The second-order valence-electron chi connectivity index (χ2n) is 7.26. The van der Waals surface area contributed by atoms with Crippen molar-refractivity contribution in [2.75, 3.05) is 13.1 Å². The molecular formula is C18H30N3O+. The second-order valence-corrected chi connectivity index (χ2v) is 7.26. The van der Waals surface area contributed by atoms with Crippen LogP contribution in [0.15, 0.2) is 18.3 Å². The lowest BCUT2D eigenvalue weighted by atomic mass is 9.86. The normalized spacial score (nSPS) is 32.1. The number of hydrogen-bond donors (Lipinski definition) is 2. The maximum absolute atomic E-state index is 12.5. The molecule has 2 fully saturated rings. The topological polar surface area (TPSA) is 38.5 Å². The molecule has 2 N–H and O–H groups in total. The van der Waals surface area contributed by atoms with E-state index in [0.29, 0.717) is 24.5 Å². The fourth-order valence-electron chi connectivity index (χ4n) is 4.31. The molecule has 3 rings (SSSR count). The molecule has 1 amide bonds. The van der Waals surface area contributed by atoms with E-state index in [9.17, 15) is 4.79 Å². The molecule has 4 atom stereocenters. The van der Waals surface area contributed by atoms with Crippen LogP contribution in [-0.2, 0) is 11.8 Å². The highest BCUT2D eigenvalue weighted by molar-refractivity contribution is 5.77. The molecule has 1 saturated carbocycles. The monoisotopic (exact) mass is 304 g/mol. The summed E-state index contributed by atoms with van der Waals surface area (Å²) in [6, 6.07) is 5.19. The molecule has 4 heteroatoms. The van der Waals surface area contributed by atoms with Gasteiger partial charge in [0.15, 0.2) is 6.54 Å². The highest BCUT2D eigenvalue weighted by Crippen LogP contribution is 2.23. The van der Waals surface area contributed by atoms with Gasteiger partial charge in [-0.2, -0.15) is 0 Å². The molecule has 1 aliphatic carbocycles. The van der Waals surface area contributed by atoms with E-state index < -0.39 is 0 Å². The van der Waals surface area contributed by atoms with Crippen molar-refractivity contribution in [3.8, 4) is 0 Å². The van der Waals surface area contributed by atoms with Crippen LogP contribution in [0.5, 0.6) is 0 Å². The van der Waals surface area contributed by atoms with Gasteiger partial charge < -0.3 is 14.8 Å². The smallest absolute Gasteiger partial charge is 0.275 e. The molecule has 1 aromatic heterocycles. The van der Waals surface area contributed by atoms with Crippen molar-refractivity contribution < 1.29 is 9.69 Å². The summed E-state index contributed by atoms with van der Waals surface area (Å²) in [5, 5.41) is 3.31. The Morgan fingerprint density at radius 2 is 2.14 bits per heavy atom. The first kappa shape index (κ1) is 15.6. The van der Waals surface area contributed by atoms with Crippen LogP contribution in [-0.4, -0.2) is 29.6 Å². The Hall–Kier alpha value is -1.29. The average molecular weight is 304 g/mol. The molecule has 1 aliphatic heterocycles. The third kappa shape index (κ3) is 3.37. The molecule has 0 bridgehead atoms. The predicted molar refractivity (Wildman–Crippen MR) is 87.6 cm³/mol. The molecular weight excluding hydrogens is 274 g/mol. The van der Waals surface area contributed by atoms with E-state index in [1.54, 1.807) is 0 Å². The number of nitrogens with zero attached hydrogens (tertiary/aromatic N) is 1. The van der Waals surface area contributed by atoms with Crippen molar-refractivity contribution in [1.82, 2.24) is 9.88 Å². The number of likely N-dealkylation sites (tertiary alicyclic amines) is 1. The molecule has 22 heavy (non-hydrogen) atoms. The Morgan fingerprint density at radius 3 is 2.86 bits per heavy atom. The van der Waals surface area contributed by atoms with Crippen molar-refractivity contribution in [2.24, 2.45) is 13.0 Å². The maximum atomic E-state index is 12.5. The van der Waals surface area contributed by atoms with Crippen molar-refractivity contribution in [2.45, 2.75) is 57.5 Å². The van der Waals surface area contributed by atoms with E-state index in [0.717, 1.165) is 13.0 Å². The molecule has 0 aromatic carbocycles. The largest absolute Gasteiger partial charge is 0.350 e. The molecule has 2 aliphatic rings. The van der Waals surface area contributed by atoms with Gasteiger partial charge in [0.1, 0.15) is 6.04 Å². The highest BCUT2D eigenvalue weighted by atomic mass is 16.2. The van der Waals surface area contributed by atoms with Crippen LogP contribution in [0.25, 0.3) is 0 Å². The third-order valence-corrected chi connectivity index (χ3v) is 5.67. The Balaban J connectivity index is 1.57. The maximum Gasteiger partial charge on any atom is 0.275 e. The number of nitrogens with one attached hydrogen (secondary N) is 2. The number of hydrogen-bond acceptors (Lipinski definition) is 1. The van der Waals surface area contributed by atoms with Crippen molar-refractivity contribution in [3.05, 3.63) is 24.0 Å². The quantitative estimate of drug-likeness (QED) is 0.868. The summed E-state index contributed by atoms with van der Waals surface area (Å²) in [7, 11) is 2.11. The van der Waals surface area contributed by atoms with Gasteiger partial charge >= 0.3 is 0 Å². The minimum Gasteiger partial charge on any atom is -0.350 e. The number of aryl methyl sites for hydroxylation is 1. The molecule has 1 unspecified atom stereocenters. The van der Waals surface area contributed by atoms with Gasteiger partial charge in [-0.05, 0) is 30.9 Å².